The van der Waals surface area contributed by atoms with Crippen LogP contribution in [-0.4, -0.2) is 0 Å². The Morgan fingerprint density at radius 2 is 1.74 bits per heavy atom. The molecule has 2 nitrogen and oxygen atoms in total. The van der Waals surface area contributed by atoms with E-state index in [1.165, 1.54) is 5.39 Å². The Kier molecular flexibility index (Phi) is 8.17. The third-order valence-electron chi connectivity index (χ3n) is 3.90. The van der Waals surface area contributed by atoms with Crippen molar-refractivity contribution in [2.45, 2.75) is 32.7 Å². The molecule has 27 heavy (non-hydrogen) atoms. The van der Waals surface area contributed by atoms with Crippen LogP contribution in [0, 0.1) is 36.5 Å². The third-order valence-corrected chi connectivity index (χ3v) is 3.90. The molecule has 0 atom stereocenters. The number of rotatable bonds is 3. The maximum atomic E-state index is 5.33. The predicted molar refractivity (Wildman–Crippen MR) is 110 cm³/mol. The number of aromatic nitrogens is 2. The van der Waals surface area contributed by atoms with Crippen molar-refractivity contribution in [1.29, 1.82) is 0 Å². The third kappa shape index (κ3) is 6.04. The smallest absolute Gasteiger partial charge is 0.204 e. The van der Waals surface area contributed by atoms with Crippen LogP contribution in [0.5, 0.6) is 0 Å². The van der Waals surface area contributed by atoms with Gasteiger partial charge in [0.05, 0.1) is 5.39 Å². The number of hydrogen-bond acceptors (Lipinski definition) is 0. The van der Waals surface area contributed by atoms with E-state index >= 15 is 0 Å². The van der Waals surface area contributed by atoms with E-state index < -0.39 is 0 Å². The van der Waals surface area contributed by atoms with Gasteiger partial charge in [0.15, 0.2) is 18.9 Å². The zero-order chi connectivity index (χ0) is 19.3. The molecule has 0 bridgehead atoms. The van der Waals surface area contributed by atoms with Gasteiger partial charge >= 0.3 is 0 Å². The summed E-state index contributed by atoms with van der Waals surface area (Å²) in [5, 5.41) is 2.32. The summed E-state index contributed by atoms with van der Waals surface area (Å²) in [6.45, 7) is 2.83. The quantitative estimate of drug-likeness (QED) is 0.388. The lowest BCUT2D eigenvalue weighted by atomic mass is 10.1. The zero-order valence-electron chi connectivity index (χ0n) is 15.7. The molecule has 3 rings (SSSR count). The molecule has 0 radical (unpaired) electrons. The molecule has 1 aromatic carbocycles. The average Bonchev–Trinajstić information content (AvgIpc) is 2.73. The number of fused-ring (bicyclic) bond motifs is 1. The zero-order valence-corrected chi connectivity index (χ0v) is 15.7. The first kappa shape index (κ1) is 19.8. The highest BCUT2D eigenvalue weighted by Gasteiger charge is 2.08. The molecule has 0 aliphatic heterocycles. The maximum absolute atomic E-state index is 5.33. The molecule has 0 saturated carbocycles. The fraction of sp³-hybridized carbons (Fsp3) is 0.200. The highest BCUT2D eigenvalue weighted by molar-refractivity contribution is 5.85. The minimum Gasteiger partial charge on any atom is -0.204 e. The fourth-order valence-corrected chi connectivity index (χ4v) is 2.53. The second kappa shape index (κ2) is 11.1. The van der Waals surface area contributed by atoms with E-state index in [2.05, 4.69) is 51.4 Å². The van der Waals surface area contributed by atoms with Crippen molar-refractivity contribution < 1.29 is 9.55 Å². The van der Waals surface area contributed by atoms with Crippen LogP contribution >= 0.6 is 0 Å². The molecule has 0 aliphatic rings. The minimum atomic E-state index is 0.784. The Hall–Kier alpha value is -3.54. The number of terminal acetylenes is 2. The number of pyridine rings is 2. The van der Waals surface area contributed by atoms with Crippen LogP contribution in [0.4, 0.5) is 0 Å². The van der Waals surface area contributed by atoms with Crippen LogP contribution in [0.15, 0.2) is 60.9 Å². The fourth-order valence-electron chi connectivity index (χ4n) is 2.53. The van der Waals surface area contributed by atoms with E-state index in [0.29, 0.717) is 0 Å². The number of aromatic amines is 1. The Bertz CT molecular complexity index is 1020. The van der Waals surface area contributed by atoms with Gasteiger partial charge < -0.3 is 0 Å². The van der Waals surface area contributed by atoms with Crippen molar-refractivity contribution in [2.24, 2.45) is 0 Å². The Morgan fingerprint density at radius 3 is 2.52 bits per heavy atom. The van der Waals surface area contributed by atoms with Gasteiger partial charge in [-0.05, 0) is 17.5 Å². The summed E-state index contributed by atoms with van der Waals surface area (Å²) >= 11 is 0. The molecule has 2 heterocycles. The van der Waals surface area contributed by atoms with Gasteiger partial charge in [-0.15, -0.1) is 24.7 Å². The molecule has 0 amide bonds. The number of nitrogens with zero attached hydrogens (tertiary/aromatic N) is 1. The van der Waals surface area contributed by atoms with E-state index in [9.17, 15) is 0 Å². The molecule has 0 saturated heterocycles. The van der Waals surface area contributed by atoms with Crippen molar-refractivity contribution in [3.8, 4) is 36.5 Å². The molecule has 1 N–H and O–H groups in total. The Balaban J connectivity index is 0.000000596. The standard InChI is InChI=1S/C21H17N2.C4H6/c1-2-3-7-16-23-17-8-6-10-19(23)12-13-21-20-11-5-4-9-18(20)14-15-22-21;1-3-4-2/h1,4-6,8-11,14-15,17H,3,7,16H2;1H,4H2,2H3/q+1;/p+1. The molecule has 3 aromatic rings. The SMILES string of the molecule is C#CCC.C#CCCC[n+]1ccccc1C#Cc1[nH+]ccc2ccccc12. The minimum absolute atomic E-state index is 0.784. The van der Waals surface area contributed by atoms with Gasteiger partial charge in [0, 0.05) is 49.3 Å². The largest absolute Gasteiger partial charge is 0.263 e. The van der Waals surface area contributed by atoms with Crippen LogP contribution < -0.4 is 9.55 Å². The topological polar surface area (TPSA) is 18.0 Å². The van der Waals surface area contributed by atoms with Gasteiger partial charge in [-0.25, -0.2) is 4.98 Å². The molecule has 2 heteroatoms. The molecule has 0 aliphatic carbocycles. The van der Waals surface area contributed by atoms with Crippen molar-refractivity contribution in [3.05, 3.63) is 72.3 Å². The van der Waals surface area contributed by atoms with Crippen molar-refractivity contribution in [3.63, 3.8) is 0 Å². The summed E-state index contributed by atoms with van der Waals surface area (Å²) in [5.74, 6) is 11.7. The predicted octanol–water partition coefficient (Wildman–Crippen LogP) is 3.78. The molecule has 2 aromatic heterocycles. The van der Waals surface area contributed by atoms with Crippen molar-refractivity contribution in [1.82, 2.24) is 0 Å². The summed E-state index contributed by atoms with van der Waals surface area (Å²) in [6.07, 6.45) is 16.7. The highest BCUT2D eigenvalue weighted by Crippen LogP contribution is 2.13. The first-order chi connectivity index (χ1) is 13.3. The summed E-state index contributed by atoms with van der Waals surface area (Å²) < 4.78 is 2.15. The van der Waals surface area contributed by atoms with Gasteiger partial charge in [0.25, 0.3) is 11.4 Å². The van der Waals surface area contributed by atoms with Crippen molar-refractivity contribution >= 4 is 10.8 Å². The van der Waals surface area contributed by atoms with E-state index in [1.807, 2.05) is 49.6 Å². The molecule has 0 fully saturated rings. The number of unbranched alkanes of at least 4 members (excludes halogenated alkanes) is 1. The monoisotopic (exact) mass is 352 g/mol. The maximum Gasteiger partial charge on any atom is 0.263 e. The molecule has 132 valence electrons. The second-order valence-electron chi connectivity index (χ2n) is 5.83. The van der Waals surface area contributed by atoms with E-state index in [-0.39, 0.29) is 0 Å². The van der Waals surface area contributed by atoms with Gasteiger partial charge in [-0.1, -0.05) is 25.1 Å². The summed E-state index contributed by atoms with van der Waals surface area (Å²) in [5.41, 5.74) is 1.92. The normalized spacial score (nSPS) is 9.15. The van der Waals surface area contributed by atoms with Crippen LogP contribution in [0.2, 0.25) is 0 Å². The van der Waals surface area contributed by atoms with E-state index in [4.69, 9.17) is 12.8 Å². The lowest BCUT2D eigenvalue weighted by Gasteiger charge is -1.97. The molecular weight excluding hydrogens is 328 g/mol. The highest BCUT2D eigenvalue weighted by atomic mass is 14.9. The lowest BCUT2D eigenvalue weighted by molar-refractivity contribution is -0.699. The van der Waals surface area contributed by atoms with Gasteiger partial charge in [0.1, 0.15) is 0 Å². The Labute approximate surface area is 162 Å². The van der Waals surface area contributed by atoms with Gasteiger partial charge in [-0.3, -0.25) is 0 Å². The first-order valence-electron chi connectivity index (χ1n) is 9.07. The molecule has 0 spiro atoms. The van der Waals surface area contributed by atoms with Crippen LogP contribution in [0.1, 0.15) is 37.6 Å². The summed E-state index contributed by atoms with van der Waals surface area (Å²) in [7, 11) is 0. The number of nitrogens with one attached hydrogen (secondary N) is 1. The van der Waals surface area contributed by atoms with Crippen LogP contribution in [0.3, 0.4) is 0 Å². The average molecular weight is 352 g/mol. The number of aryl methyl sites for hydroxylation is 1. The molecular formula is C25H24N2+2. The lowest BCUT2D eigenvalue weighted by Crippen LogP contribution is -2.36. The van der Waals surface area contributed by atoms with Crippen molar-refractivity contribution in [2.75, 3.05) is 0 Å². The van der Waals surface area contributed by atoms with E-state index in [0.717, 1.165) is 42.6 Å². The summed E-state index contributed by atoms with van der Waals surface area (Å²) in [6, 6.07) is 16.4. The number of hydrogen-bond donors (Lipinski definition) is 0. The number of H-pyrrole nitrogens is 1. The second-order valence-corrected chi connectivity index (χ2v) is 5.83. The van der Waals surface area contributed by atoms with Crippen LogP contribution in [0.25, 0.3) is 10.8 Å². The first-order valence-corrected chi connectivity index (χ1v) is 9.07. The van der Waals surface area contributed by atoms with Gasteiger partial charge in [0.2, 0.25) is 0 Å². The van der Waals surface area contributed by atoms with E-state index in [1.54, 1.807) is 0 Å². The van der Waals surface area contributed by atoms with Gasteiger partial charge in [-0.2, -0.15) is 4.57 Å². The summed E-state index contributed by atoms with van der Waals surface area (Å²) in [4.78, 5) is 3.24. The molecule has 0 unspecified atom stereocenters. The number of benzene rings is 1. The van der Waals surface area contributed by atoms with Crippen LogP contribution in [-0.2, 0) is 6.54 Å². The Morgan fingerprint density at radius 1 is 0.963 bits per heavy atom.